The third kappa shape index (κ3) is 7.95. The number of hydrogen-bond acceptors (Lipinski definition) is 5. The Morgan fingerprint density at radius 2 is 1.88 bits per heavy atom. The van der Waals surface area contributed by atoms with E-state index < -0.39 is 9.69 Å². The summed E-state index contributed by atoms with van der Waals surface area (Å²) in [6, 6.07) is 0. The molecule has 0 aromatic heterocycles. The molecule has 0 aliphatic heterocycles. The van der Waals surface area contributed by atoms with Crippen LogP contribution in [-0.4, -0.2) is 56.8 Å². The molecule has 7 heteroatoms. The maximum atomic E-state index is 11.0. The fourth-order valence-corrected chi connectivity index (χ4v) is 1.83. The summed E-state index contributed by atoms with van der Waals surface area (Å²) in [4.78, 5) is 1.86. The van der Waals surface area contributed by atoms with Gasteiger partial charge in [-0.2, -0.15) is 0 Å². The molecule has 0 atom stereocenters. The molecule has 1 N–H and O–H groups in total. The molecule has 0 amide bonds. The van der Waals surface area contributed by atoms with Crippen molar-refractivity contribution in [3.05, 3.63) is 0 Å². The van der Waals surface area contributed by atoms with Gasteiger partial charge in [0.2, 0.25) is 0 Å². The van der Waals surface area contributed by atoms with Gasteiger partial charge < -0.3 is 0 Å². The van der Waals surface area contributed by atoms with E-state index in [0.717, 1.165) is 13.0 Å². The SMILES string of the molecule is CC(C)CCN(CCO)CCS(=O)(=O)B=O. The van der Waals surface area contributed by atoms with Crippen LogP contribution in [0.1, 0.15) is 20.3 Å². The number of aliphatic hydroxyl groups is 1. The second-order valence-corrected chi connectivity index (χ2v) is 6.14. The molecule has 16 heavy (non-hydrogen) atoms. The molecule has 0 aliphatic carbocycles. The molecule has 0 aromatic carbocycles. The van der Waals surface area contributed by atoms with E-state index in [2.05, 4.69) is 13.8 Å². The van der Waals surface area contributed by atoms with Gasteiger partial charge >= 0.3 is 97.4 Å². The van der Waals surface area contributed by atoms with Gasteiger partial charge in [0, 0.05) is 0 Å². The molecule has 0 saturated carbocycles. The van der Waals surface area contributed by atoms with Gasteiger partial charge in [-0.05, 0) is 0 Å². The third-order valence-corrected chi connectivity index (χ3v) is 3.32. The van der Waals surface area contributed by atoms with E-state index in [-0.39, 0.29) is 18.8 Å². The van der Waals surface area contributed by atoms with E-state index in [0.29, 0.717) is 19.0 Å². The van der Waals surface area contributed by atoms with Crippen molar-refractivity contribution in [2.45, 2.75) is 20.3 Å². The van der Waals surface area contributed by atoms with Crippen molar-refractivity contribution in [2.75, 3.05) is 32.0 Å². The summed E-state index contributed by atoms with van der Waals surface area (Å²) < 4.78 is 32.2. The molecule has 0 spiro atoms. The van der Waals surface area contributed by atoms with Crippen LogP contribution in [0.4, 0.5) is 0 Å². The Morgan fingerprint density at radius 1 is 1.25 bits per heavy atom. The van der Waals surface area contributed by atoms with Crippen molar-refractivity contribution >= 4 is 16.1 Å². The molecular formula is C9H20BNO4S. The third-order valence-electron chi connectivity index (χ3n) is 2.28. The molecule has 0 radical (unpaired) electrons. The second kappa shape index (κ2) is 7.92. The molecule has 94 valence electrons. The first-order valence-electron chi connectivity index (χ1n) is 5.42. The molecule has 0 bridgehead atoms. The monoisotopic (exact) mass is 249 g/mol. The van der Waals surface area contributed by atoms with Gasteiger partial charge in [-0.15, -0.1) is 0 Å². The Hall–Kier alpha value is -0.265. The van der Waals surface area contributed by atoms with Crippen LogP contribution in [0.15, 0.2) is 0 Å². The van der Waals surface area contributed by atoms with Gasteiger partial charge in [-0.25, -0.2) is 0 Å². The van der Waals surface area contributed by atoms with Crippen molar-refractivity contribution in [2.24, 2.45) is 5.92 Å². The summed E-state index contributed by atoms with van der Waals surface area (Å²) in [6.07, 6.45) is 0.938. The first kappa shape index (κ1) is 15.7. The molecule has 0 saturated heterocycles. The number of nitrogens with zero attached hydrogens (tertiary/aromatic N) is 1. The van der Waals surface area contributed by atoms with Crippen LogP contribution >= 0.6 is 0 Å². The Bertz CT molecular complexity index is 292. The Balaban J connectivity index is 4.07. The Kier molecular flexibility index (Phi) is 7.79. The van der Waals surface area contributed by atoms with E-state index in [1.165, 1.54) is 0 Å². The summed E-state index contributed by atoms with van der Waals surface area (Å²) in [6.45, 7) is 5.65. The fourth-order valence-electron chi connectivity index (χ4n) is 1.22. The quantitative estimate of drug-likeness (QED) is 0.568. The zero-order valence-electron chi connectivity index (χ0n) is 9.92. The normalized spacial score (nSPS) is 12.1. The predicted molar refractivity (Wildman–Crippen MR) is 63.2 cm³/mol. The first-order chi connectivity index (χ1) is 7.41. The average molecular weight is 249 g/mol. The molecular weight excluding hydrogens is 229 g/mol. The van der Waals surface area contributed by atoms with Crippen LogP contribution in [0.25, 0.3) is 0 Å². The molecule has 0 heterocycles. The van der Waals surface area contributed by atoms with Gasteiger partial charge in [0.05, 0.1) is 0 Å². The van der Waals surface area contributed by atoms with Gasteiger partial charge in [0.25, 0.3) is 0 Å². The number of aliphatic hydroxyl groups excluding tert-OH is 1. The number of rotatable bonds is 9. The average Bonchev–Trinajstić information content (AvgIpc) is 2.22. The zero-order chi connectivity index (χ0) is 12.6. The van der Waals surface area contributed by atoms with Crippen LogP contribution < -0.4 is 0 Å². The summed E-state index contributed by atoms with van der Waals surface area (Å²) >= 11 is 0. The van der Waals surface area contributed by atoms with Crippen LogP contribution in [0.5, 0.6) is 0 Å². The summed E-state index contributed by atoms with van der Waals surface area (Å²) in [7, 11) is -3.58. The maximum absolute atomic E-state index is 11.0. The van der Waals surface area contributed by atoms with Crippen molar-refractivity contribution in [3.63, 3.8) is 0 Å². The van der Waals surface area contributed by atoms with Crippen LogP contribution in [-0.2, 0) is 14.4 Å². The van der Waals surface area contributed by atoms with Gasteiger partial charge in [0.15, 0.2) is 0 Å². The Labute approximate surface area is 97.9 Å². The zero-order valence-corrected chi connectivity index (χ0v) is 10.7. The van der Waals surface area contributed by atoms with Gasteiger partial charge in [0.1, 0.15) is 0 Å². The number of hydrogen-bond donors (Lipinski definition) is 1. The van der Waals surface area contributed by atoms with E-state index in [1.807, 2.05) is 4.90 Å². The Morgan fingerprint density at radius 3 is 2.31 bits per heavy atom. The second-order valence-electron chi connectivity index (χ2n) is 4.21. The standard InChI is InChI=1S/C9H20BNO4S/c1-9(2)3-4-11(5-7-12)6-8-16(14,15)10-13/h9,12H,3-8H2,1-2H3. The molecule has 0 rings (SSSR count). The minimum atomic E-state index is -3.58. The minimum absolute atomic E-state index is 0.000762. The van der Waals surface area contributed by atoms with Crippen molar-refractivity contribution in [1.29, 1.82) is 0 Å². The van der Waals surface area contributed by atoms with Crippen molar-refractivity contribution in [3.8, 4) is 0 Å². The van der Waals surface area contributed by atoms with Crippen LogP contribution in [0.2, 0.25) is 0 Å². The van der Waals surface area contributed by atoms with E-state index in [9.17, 15) is 13.1 Å². The van der Waals surface area contributed by atoms with Crippen molar-refractivity contribution < 1.29 is 18.2 Å². The fraction of sp³-hybridized carbons (Fsp3) is 1.00. The molecule has 5 nitrogen and oxygen atoms in total. The van der Waals surface area contributed by atoms with Crippen LogP contribution in [0, 0.1) is 5.92 Å². The molecule has 0 fully saturated rings. The van der Waals surface area contributed by atoms with E-state index in [1.54, 1.807) is 0 Å². The van der Waals surface area contributed by atoms with Crippen LogP contribution in [0.3, 0.4) is 0 Å². The molecule has 0 aliphatic rings. The van der Waals surface area contributed by atoms with Gasteiger partial charge in [-0.1, -0.05) is 0 Å². The molecule has 0 unspecified atom stereocenters. The summed E-state index contributed by atoms with van der Waals surface area (Å²) in [5.41, 5.74) is 0. The topological polar surface area (TPSA) is 74.7 Å². The summed E-state index contributed by atoms with van der Waals surface area (Å²) in [5.74, 6) is 0.359. The first-order valence-corrected chi connectivity index (χ1v) is 7.14. The van der Waals surface area contributed by atoms with E-state index in [4.69, 9.17) is 5.11 Å². The summed E-state index contributed by atoms with van der Waals surface area (Å²) in [5, 5.41) is 8.83. The van der Waals surface area contributed by atoms with Gasteiger partial charge in [-0.3, -0.25) is 0 Å². The van der Waals surface area contributed by atoms with E-state index >= 15 is 0 Å². The predicted octanol–water partition coefficient (Wildman–Crippen LogP) is -0.294. The van der Waals surface area contributed by atoms with Crippen molar-refractivity contribution in [1.82, 2.24) is 4.90 Å². The molecule has 0 aromatic rings.